The lowest BCUT2D eigenvalue weighted by Crippen LogP contribution is -2.14. The Bertz CT molecular complexity index is 385. The summed E-state index contributed by atoms with van der Waals surface area (Å²) in [5, 5.41) is 8.24. The van der Waals surface area contributed by atoms with Crippen molar-refractivity contribution in [3.8, 4) is 0 Å². The SMILES string of the molecule is CCCc1c(C(N)=S)nnn1C1CC1C. The van der Waals surface area contributed by atoms with Crippen molar-refractivity contribution in [1.82, 2.24) is 15.0 Å². The fourth-order valence-corrected chi connectivity index (χ4v) is 2.04. The van der Waals surface area contributed by atoms with Crippen LogP contribution in [-0.4, -0.2) is 20.0 Å². The molecule has 2 N–H and O–H groups in total. The molecule has 0 aromatic carbocycles. The van der Waals surface area contributed by atoms with Crippen molar-refractivity contribution in [1.29, 1.82) is 0 Å². The molecular formula is C10H16N4S. The normalized spacial score (nSPS) is 24.1. The number of thiocarbonyl (C=S) groups is 1. The molecule has 15 heavy (non-hydrogen) atoms. The van der Waals surface area contributed by atoms with Gasteiger partial charge in [0.25, 0.3) is 0 Å². The van der Waals surface area contributed by atoms with Gasteiger partial charge in [-0.1, -0.05) is 37.7 Å². The molecule has 5 heteroatoms. The van der Waals surface area contributed by atoms with Gasteiger partial charge in [-0.25, -0.2) is 4.68 Å². The van der Waals surface area contributed by atoms with Gasteiger partial charge < -0.3 is 5.73 Å². The Morgan fingerprint density at radius 1 is 1.67 bits per heavy atom. The predicted molar refractivity (Wildman–Crippen MR) is 62.7 cm³/mol. The van der Waals surface area contributed by atoms with E-state index in [2.05, 4.69) is 24.2 Å². The molecule has 0 bridgehead atoms. The number of nitrogens with zero attached hydrogens (tertiary/aromatic N) is 3. The van der Waals surface area contributed by atoms with Gasteiger partial charge in [0, 0.05) is 0 Å². The van der Waals surface area contributed by atoms with Crippen molar-refractivity contribution in [2.75, 3.05) is 0 Å². The third-order valence-electron chi connectivity index (χ3n) is 2.89. The second kappa shape index (κ2) is 3.89. The Balaban J connectivity index is 2.33. The quantitative estimate of drug-likeness (QED) is 0.786. The third-order valence-corrected chi connectivity index (χ3v) is 3.09. The maximum atomic E-state index is 5.63. The lowest BCUT2D eigenvalue weighted by atomic mass is 10.2. The first-order valence-electron chi connectivity index (χ1n) is 5.39. The second-order valence-corrected chi connectivity index (χ2v) is 4.66. The van der Waals surface area contributed by atoms with E-state index < -0.39 is 0 Å². The Hall–Kier alpha value is -0.970. The van der Waals surface area contributed by atoms with Crippen molar-refractivity contribution >= 4 is 17.2 Å². The topological polar surface area (TPSA) is 56.7 Å². The molecule has 2 rings (SSSR count). The zero-order valence-electron chi connectivity index (χ0n) is 9.10. The van der Waals surface area contributed by atoms with Gasteiger partial charge in [0.1, 0.15) is 10.7 Å². The number of rotatable bonds is 4. The summed E-state index contributed by atoms with van der Waals surface area (Å²) in [5.41, 5.74) is 7.45. The van der Waals surface area contributed by atoms with E-state index in [0.717, 1.165) is 18.5 Å². The zero-order chi connectivity index (χ0) is 11.0. The summed E-state index contributed by atoms with van der Waals surface area (Å²) in [6.07, 6.45) is 3.20. The first-order valence-corrected chi connectivity index (χ1v) is 5.79. The van der Waals surface area contributed by atoms with Gasteiger partial charge in [-0.05, 0) is 18.8 Å². The van der Waals surface area contributed by atoms with E-state index in [4.69, 9.17) is 18.0 Å². The van der Waals surface area contributed by atoms with E-state index in [1.54, 1.807) is 0 Å². The molecular weight excluding hydrogens is 208 g/mol. The minimum absolute atomic E-state index is 0.359. The monoisotopic (exact) mass is 224 g/mol. The van der Waals surface area contributed by atoms with Gasteiger partial charge in [0.2, 0.25) is 0 Å². The largest absolute Gasteiger partial charge is 0.388 e. The number of hydrogen-bond acceptors (Lipinski definition) is 3. The average molecular weight is 224 g/mol. The highest BCUT2D eigenvalue weighted by atomic mass is 32.1. The molecule has 1 fully saturated rings. The summed E-state index contributed by atoms with van der Waals surface area (Å²) in [6.45, 7) is 4.36. The summed E-state index contributed by atoms with van der Waals surface area (Å²) in [5.74, 6) is 0.710. The third kappa shape index (κ3) is 1.88. The molecule has 1 aromatic heterocycles. The summed E-state index contributed by atoms with van der Waals surface area (Å²) in [7, 11) is 0. The van der Waals surface area contributed by atoms with Gasteiger partial charge in [0.15, 0.2) is 0 Å². The maximum absolute atomic E-state index is 5.63. The van der Waals surface area contributed by atoms with E-state index >= 15 is 0 Å². The van der Waals surface area contributed by atoms with Crippen LogP contribution in [0.2, 0.25) is 0 Å². The molecule has 1 aliphatic rings. The lowest BCUT2D eigenvalue weighted by Gasteiger charge is -2.05. The van der Waals surface area contributed by atoms with Crippen molar-refractivity contribution < 1.29 is 0 Å². The minimum Gasteiger partial charge on any atom is -0.388 e. The number of aromatic nitrogens is 3. The van der Waals surface area contributed by atoms with Crippen molar-refractivity contribution in [2.45, 2.75) is 39.2 Å². The van der Waals surface area contributed by atoms with Crippen LogP contribution in [0.15, 0.2) is 0 Å². The van der Waals surface area contributed by atoms with Crippen molar-refractivity contribution in [3.63, 3.8) is 0 Å². The fraction of sp³-hybridized carbons (Fsp3) is 0.700. The van der Waals surface area contributed by atoms with Crippen LogP contribution in [-0.2, 0) is 6.42 Å². The van der Waals surface area contributed by atoms with Crippen molar-refractivity contribution in [3.05, 3.63) is 11.4 Å². The van der Waals surface area contributed by atoms with E-state index in [1.165, 1.54) is 6.42 Å². The molecule has 0 saturated heterocycles. The van der Waals surface area contributed by atoms with Crippen LogP contribution in [0.4, 0.5) is 0 Å². The van der Waals surface area contributed by atoms with Gasteiger partial charge in [0.05, 0.1) is 11.7 Å². The number of hydrogen-bond donors (Lipinski definition) is 1. The highest BCUT2D eigenvalue weighted by Crippen LogP contribution is 2.43. The smallest absolute Gasteiger partial charge is 0.143 e. The van der Waals surface area contributed by atoms with Crippen LogP contribution in [0.3, 0.4) is 0 Å². The van der Waals surface area contributed by atoms with Gasteiger partial charge in [-0.3, -0.25) is 0 Å². The number of nitrogens with two attached hydrogens (primary N) is 1. The Morgan fingerprint density at radius 3 is 2.80 bits per heavy atom. The van der Waals surface area contributed by atoms with Crippen LogP contribution in [0.5, 0.6) is 0 Å². The minimum atomic E-state index is 0.359. The Labute approximate surface area is 94.8 Å². The van der Waals surface area contributed by atoms with Gasteiger partial charge in [-0.2, -0.15) is 0 Å². The zero-order valence-corrected chi connectivity index (χ0v) is 9.92. The Kier molecular flexibility index (Phi) is 2.73. The summed E-state index contributed by atoms with van der Waals surface area (Å²) >= 11 is 4.98. The van der Waals surface area contributed by atoms with Crippen LogP contribution < -0.4 is 5.73 Å². The molecule has 0 amide bonds. The molecule has 0 spiro atoms. The summed E-state index contributed by atoms with van der Waals surface area (Å²) < 4.78 is 2.02. The van der Waals surface area contributed by atoms with E-state index in [-0.39, 0.29) is 0 Å². The second-order valence-electron chi connectivity index (χ2n) is 4.22. The Morgan fingerprint density at radius 2 is 2.33 bits per heavy atom. The average Bonchev–Trinajstić information content (AvgIpc) is 2.76. The van der Waals surface area contributed by atoms with Crippen LogP contribution in [0.25, 0.3) is 0 Å². The standard InChI is InChI=1S/C10H16N4S/c1-3-4-7-9(10(11)15)12-13-14(7)8-5-6(8)2/h6,8H,3-5H2,1-2H3,(H2,11,15). The molecule has 2 atom stereocenters. The maximum Gasteiger partial charge on any atom is 0.143 e. The summed E-state index contributed by atoms with van der Waals surface area (Å²) in [4.78, 5) is 0.359. The highest BCUT2D eigenvalue weighted by Gasteiger charge is 2.37. The highest BCUT2D eigenvalue weighted by molar-refractivity contribution is 7.80. The van der Waals surface area contributed by atoms with Gasteiger partial charge in [-0.15, -0.1) is 5.10 Å². The molecule has 1 saturated carbocycles. The predicted octanol–water partition coefficient (Wildman–Crippen LogP) is 1.45. The molecule has 4 nitrogen and oxygen atoms in total. The molecule has 1 aromatic rings. The van der Waals surface area contributed by atoms with E-state index in [9.17, 15) is 0 Å². The molecule has 0 radical (unpaired) electrons. The van der Waals surface area contributed by atoms with Gasteiger partial charge >= 0.3 is 0 Å². The molecule has 0 aliphatic heterocycles. The molecule has 82 valence electrons. The molecule has 2 unspecified atom stereocenters. The van der Waals surface area contributed by atoms with Crippen LogP contribution in [0, 0.1) is 5.92 Å². The molecule has 1 heterocycles. The first kappa shape index (κ1) is 10.5. The fourth-order valence-electron chi connectivity index (χ4n) is 1.88. The van der Waals surface area contributed by atoms with Crippen molar-refractivity contribution in [2.24, 2.45) is 11.7 Å². The van der Waals surface area contributed by atoms with Crippen LogP contribution in [0.1, 0.15) is 44.1 Å². The molecule has 1 aliphatic carbocycles. The van der Waals surface area contributed by atoms with E-state index in [1.807, 2.05) is 4.68 Å². The first-order chi connectivity index (χ1) is 7.15. The van der Waals surface area contributed by atoms with Crippen LogP contribution >= 0.6 is 12.2 Å². The van der Waals surface area contributed by atoms with E-state index in [0.29, 0.717) is 22.6 Å². The lowest BCUT2D eigenvalue weighted by molar-refractivity contribution is 0.552. The summed E-state index contributed by atoms with van der Waals surface area (Å²) in [6, 6.07) is 0.516.